The predicted octanol–water partition coefficient (Wildman–Crippen LogP) is 3.41. The van der Waals surface area contributed by atoms with Gasteiger partial charge in [-0.2, -0.15) is 0 Å². The average Bonchev–Trinajstić information content (AvgIpc) is 3.48. The first-order valence-electron chi connectivity index (χ1n) is 11.4. The van der Waals surface area contributed by atoms with Crippen LogP contribution in [0.5, 0.6) is 0 Å². The summed E-state index contributed by atoms with van der Waals surface area (Å²) in [5.74, 6) is 5.64. The van der Waals surface area contributed by atoms with Crippen LogP contribution in [0.25, 0.3) is 10.7 Å². The van der Waals surface area contributed by atoms with Crippen molar-refractivity contribution < 1.29 is 9.59 Å². The van der Waals surface area contributed by atoms with Crippen molar-refractivity contribution >= 4 is 23.2 Å². The number of carbonyl (C=O) groups excluding carboxylic acids is 2. The van der Waals surface area contributed by atoms with Crippen LogP contribution in [0.2, 0.25) is 0 Å². The van der Waals surface area contributed by atoms with E-state index in [0.717, 1.165) is 43.6 Å². The van der Waals surface area contributed by atoms with Crippen molar-refractivity contribution in [2.75, 3.05) is 26.2 Å². The van der Waals surface area contributed by atoms with Crippen LogP contribution in [0, 0.1) is 24.2 Å². The minimum absolute atomic E-state index is 0.0363. The fourth-order valence-corrected chi connectivity index (χ4v) is 5.68. The van der Waals surface area contributed by atoms with Gasteiger partial charge in [-0.05, 0) is 43.7 Å². The second kappa shape index (κ2) is 9.35. The molecule has 0 bridgehead atoms. The van der Waals surface area contributed by atoms with Crippen LogP contribution in [0.4, 0.5) is 0 Å². The third-order valence-electron chi connectivity index (χ3n) is 6.70. The topological polar surface area (TPSA) is 79.3 Å². The molecule has 0 unspecified atom stereocenters. The van der Waals surface area contributed by atoms with E-state index in [1.54, 1.807) is 18.6 Å². The molecule has 172 valence electrons. The highest BCUT2D eigenvalue weighted by Gasteiger charge is 2.43. The van der Waals surface area contributed by atoms with Crippen LogP contribution in [-0.4, -0.2) is 62.7 Å². The molecule has 3 aromatic rings. The molecule has 0 N–H and O–H groups in total. The fourth-order valence-electron chi connectivity index (χ4n) is 4.68. The summed E-state index contributed by atoms with van der Waals surface area (Å²) in [4.78, 5) is 43.3. The number of aromatic nitrogens is 3. The Morgan fingerprint density at radius 2 is 1.76 bits per heavy atom. The number of aryl methyl sites for hydroxylation is 1. The van der Waals surface area contributed by atoms with Gasteiger partial charge >= 0.3 is 0 Å². The van der Waals surface area contributed by atoms with Crippen LogP contribution in [-0.2, 0) is 4.79 Å². The van der Waals surface area contributed by atoms with Crippen molar-refractivity contribution in [2.24, 2.45) is 5.41 Å². The summed E-state index contributed by atoms with van der Waals surface area (Å²) in [6.07, 6.45) is 7.66. The molecule has 0 saturated carbocycles. The van der Waals surface area contributed by atoms with Gasteiger partial charge < -0.3 is 9.80 Å². The van der Waals surface area contributed by atoms with Gasteiger partial charge in [0.2, 0.25) is 0 Å². The first-order chi connectivity index (χ1) is 16.5. The summed E-state index contributed by atoms with van der Waals surface area (Å²) in [6, 6.07) is 9.56. The van der Waals surface area contributed by atoms with Gasteiger partial charge in [-0.15, -0.1) is 11.3 Å². The van der Waals surface area contributed by atoms with E-state index in [2.05, 4.69) is 26.8 Å². The molecular formula is C26H25N5O2S. The summed E-state index contributed by atoms with van der Waals surface area (Å²) < 4.78 is 0. The highest BCUT2D eigenvalue weighted by Crippen LogP contribution is 2.41. The van der Waals surface area contributed by atoms with Gasteiger partial charge in [-0.3, -0.25) is 19.6 Å². The number of likely N-dealkylation sites (tertiary alicyclic amines) is 2. The monoisotopic (exact) mass is 471 g/mol. The minimum atomic E-state index is -0.124. The maximum atomic E-state index is 13.3. The first kappa shape index (κ1) is 22.2. The largest absolute Gasteiger partial charge is 0.337 e. The SMILES string of the molecule is Cc1nc(-c2cnccn2)sc1C(=O)N1CCC2(CCN(C(=O)C#Cc3ccccc3)CC2)C1. The van der Waals surface area contributed by atoms with Crippen LogP contribution in [0.3, 0.4) is 0 Å². The lowest BCUT2D eigenvalue weighted by atomic mass is 9.78. The van der Waals surface area contributed by atoms with E-state index in [4.69, 9.17) is 0 Å². The zero-order valence-corrected chi connectivity index (χ0v) is 19.8. The van der Waals surface area contributed by atoms with Gasteiger partial charge in [0.05, 0.1) is 11.9 Å². The summed E-state index contributed by atoms with van der Waals surface area (Å²) in [6.45, 7) is 4.69. The molecule has 2 aliphatic heterocycles. The lowest BCUT2D eigenvalue weighted by Gasteiger charge is -2.38. The maximum Gasteiger partial charge on any atom is 0.298 e. The van der Waals surface area contributed by atoms with Gasteiger partial charge in [0.1, 0.15) is 15.6 Å². The molecule has 0 aliphatic carbocycles. The van der Waals surface area contributed by atoms with E-state index in [0.29, 0.717) is 28.7 Å². The Kier molecular flexibility index (Phi) is 6.12. The van der Waals surface area contributed by atoms with E-state index < -0.39 is 0 Å². The molecule has 2 saturated heterocycles. The van der Waals surface area contributed by atoms with Crippen molar-refractivity contribution in [1.82, 2.24) is 24.8 Å². The van der Waals surface area contributed by atoms with Crippen molar-refractivity contribution in [3.63, 3.8) is 0 Å². The summed E-state index contributed by atoms with van der Waals surface area (Å²) in [5.41, 5.74) is 2.33. The summed E-state index contributed by atoms with van der Waals surface area (Å²) >= 11 is 1.38. The van der Waals surface area contributed by atoms with Gasteiger partial charge in [0, 0.05) is 50.1 Å². The molecule has 4 heterocycles. The highest BCUT2D eigenvalue weighted by atomic mass is 32.1. The normalized spacial score (nSPS) is 16.9. The van der Waals surface area contributed by atoms with Crippen molar-refractivity contribution in [2.45, 2.75) is 26.2 Å². The molecule has 1 spiro atoms. The lowest BCUT2D eigenvalue weighted by Crippen LogP contribution is -2.44. The number of hydrogen-bond acceptors (Lipinski definition) is 6. The number of piperidine rings is 1. The molecule has 0 radical (unpaired) electrons. The standard InChI is InChI=1S/C26H25N5O2S/c1-19-23(34-24(29-19)21-17-27-12-13-28-21)25(33)31-16-11-26(18-31)9-14-30(15-10-26)22(32)8-7-20-5-3-2-4-6-20/h2-6,12-13,17H,9-11,14-16,18H2,1H3. The van der Waals surface area contributed by atoms with E-state index in [9.17, 15) is 9.59 Å². The number of benzene rings is 1. The summed E-state index contributed by atoms with van der Waals surface area (Å²) in [7, 11) is 0. The van der Waals surface area contributed by atoms with Crippen molar-refractivity contribution in [3.05, 3.63) is 65.1 Å². The molecule has 2 amide bonds. The average molecular weight is 472 g/mol. The lowest BCUT2D eigenvalue weighted by molar-refractivity contribution is -0.127. The second-order valence-electron chi connectivity index (χ2n) is 8.91. The third-order valence-corrected chi connectivity index (χ3v) is 7.87. The van der Waals surface area contributed by atoms with E-state index in [1.807, 2.05) is 47.1 Å². The minimum Gasteiger partial charge on any atom is -0.337 e. The van der Waals surface area contributed by atoms with Crippen LogP contribution < -0.4 is 0 Å². The molecule has 2 fully saturated rings. The van der Waals surface area contributed by atoms with Crippen LogP contribution in [0.1, 0.15) is 40.2 Å². The predicted molar refractivity (Wildman–Crippen MR) is 130 cm³/mol. The fraction of sp³-hybridized carbons (Fsp3) is 0.346. The molecule has 0 atom stereocenters. The number of carbonyl (C=O) groups is 2. The molecule has 8 heteroatoms. The molecule has 7 nitrogen and oxygen atoms in total. The highest BCUT2D eigenvalue weighted by molar-refractivity contribution is 7.17. The quantitative estimate of drug-likeness (QED) is 0.535. The van der Waals surface area contributed by atoms with Crippen LogP contribution in [0.15, 0.2) is 48.9 Å². The number of thiazole rings is 1. The molecule has 1 aromatic carbocycles. The Morgan fingerprint density at radius 3 is 2.47 bits per heavy atom. The zero-order chi connectivity index (χ0) is 23.5. The van der Waals surface area contributed by atoms with Gasteiger partial charge in [-0.25, -0.2) is 4.98 Å². The Labute approximate surface area is 202 Å². The molecule has 2 aromatic heterocycles. The number of amides is 2. The summed E-state index contributed by atoms with van der Waals surface area (Å²) in [5, 5.41) is 0.714. The Morgan fingerprint density at radius 1 is 1.03 bits per heavy atom. The van der Waals surface area contributed by atoms with Gasteiger partial charge in [-0.1, -0.05) is 24.1 Å². The molecule has 5 rings (SSSR count). The van der Waals surface area contributed by atoms with E-state index in [1.165, 1.54) is 11.3 Å². The Hall–Kier alpha value is -3.57. The smallest absolute Gasteiger partial charge is 0.298 e. The Balaban J connectivity index is 1.20. The van der Waals surface area contributed by atoms with Crippen molar-refractivity contribution in [3.8, 4) is 22.5 Å². The molecule has 2 aliphatic rings. The van der Waals surface area contributed by atoms with E-state index in [-0.39, 0.29) is 17.2 Å². The third kappa shape index (κ3) is 4.57. The van der Waals surface area contributed by atoms with Gasteiger partial charge in [0.25, 0.3) is 11.8 Å². The zero-order valence-electron chi connectivity index (χ0n) is 19.0. The number of hydrogen-bond donors (Lipinski definition) is 0. The molecular weight excluding hydrogens is 446 g/mol. The number of nitrogens with zero attached hydrogens (tertiary/aromatic N) is 5. The van der Waals surface area contributed by atoms with E-state index >= 15 is 0 Å². The van der Waals surface area contributed by atoms with Gasteiger partial charge in [0.15, 0.2) is 0 Å². The Bertz CT molecular complexity index is 1250. The second-order valence-corrected chi connectivity index (χ2v) is 9.91. The van der Waals surface area contributed by atoms with Crippen molar-refractivity contribution in [1.29, 1.82) is 0 Å². The molecule has 34 heavy (non-hydrogen) atoms. The number of rotatable bonds is 2. The first-order valence-corrected chi connectivity index (χ1v) is 12.2. The maximum absolute atomic E-state index is 13.3. The van der Waals surface area contributed by atoms with Crippen LogP contribution >= 0.6 is 11.3 Å².